The second-order valence-corrected chi connectivity index (χ2v) is 4.62. The maximum Gasteiger partial charge on any atom is 0.339 e. The Bertz CT molecular complexity index is 515. The SMILES string of the molecule is COC(=O)c1cc(NC(=O)N2CCOCC2)ccc1Cl. The molecule has 0 spiro atoms. The molecule has 2 rings (SSSR count). The van der Waals surface area contributed by atoms with E-state index in [1.54, 1.807) is 17.0 Å². The molecule has 0 saturated carbocycles. The van der Waals surface area contributed by atoms with Crippen LogP contribution in [0.15, 0.2) is 18.2 Å². The van der Waals surface area contributed by atoms with Crippen molar-refractivity contribution in [1.82, 2.24) is 4.90 Å². The average Bonchev–Trinajstić information content (AvgIpc) is 2.49. The number of amides is 2. The van der Waals surface area contributed by atoms with E-state index in [1.165, 1.54) is 13.2 Å². The maximum atomic E-state index is 12.0. The Morgan fingerprint density at radius 3 is 2.70 bits per heavy atom. The van der Waals surface area contributed by atoms with Crippen LogP contribution in [0.5, 0.6) is 0 Å². The Balaban J connectivity index is 2.09. The van der Waals surface area contributed by atoms with E-state index in [-0.39, 0.29) is 16.6 Å². The molecule has 6 nitrogen and oxygen atoms in total. The van der Waals surface area contributed by atoms with Crippen LogP contribution >= 0.6 is 11.6 Å². The molecule has 0 bridgehead atoms. The minimum atomic E-state index is -0.544. The number of nitrogens with zero attached hydrogens (tertiary/aromatic N) is 1. The second kappa shape index (κ2) is 6.58. The largest absolute Gasteiger partial charge is 0.465 e. The van der Waals surface area contributed by atoms with Gasteiger partial charge in [0.25, 0.3) is 0 Å². The number of nitrogens with one attached hydrogen (secondary N) is 1. The summed E-state index contributed by atoms with van der Waals surface area (Å²) in [5.74, 6) is -0.544. The fourth-order valence-electron chi connectivity index (χ4n) is 1.84. The Labute approximate surface area is 121 Å². The van der Waals surface area contributed by atoms with Crippen LogP contribution in [-0.4, -0.2) is 50.3 Å². The molecule has 1 heterocycles. The maximum absolute atomic E-state index is 12.0. The number of rotatable bonds is 2. The van der Waals surface area contributed by atoms with Gasteiger partial charge in [0.2, 0.25) is 0 Å². The number of anilines is 1. The summed E-state index contributed by atoms with van der Waals surface area (Å²) in [7, 11) is 1.28. The van der Waals surface area contributed by atoms with E-state index in [4.69, 9.17) is 16.3 Å². The summed E-state index contributed by atoms with van der Waals surface area (Å²) in [4.78, 5) is 25.2. The third-order valence-electron chi connectivity index (χ3n) is 2.92. The lowest BCUT2D eigenvalue weighted by Crippen LogP contribution is -2.43. The van der Waals surface area contributed by atoms with Crippen LogP contribution in [0.3, 0.4) is 0 Å². The number of hydrogen-bond donors (Lipinski definition) is 1. The number of hydrogen-bond acceptors (Lipinski definition) is 4. The van der Waals surface area contributed by atoms with Crippen molar-refractivity contribution < 1.29 is 19.1 Å². The zero-order valence-electron chi connectivity index (χ0n) is 11.0. The lowest BCUT2D eigenvalue weighted by atomic mass is 10.2. The fourth-order valence-corrected chi connectivity index (χ4v) is 2.03. The zero-order valence-corrected chi connectivity index (χ0v) is 11.8. The first-order chi connectivity index (χ1) is 9.61. The van der Waals surface area contributed by atoms with Gasteiger partial charge in [0, 0.05) is 18.8 Å². The Hall–Kier alpha value is -1.79. The summed E-state index contributed by atoms with van der Waals surface area (Å²) in [6.45, 7) is 2.15. The molecule has 1 aromatic rings. The van der Waals surface area contributed by atoms with Gasteiger partial charge >= 0.3 is 12.0 Å². The molecule has 1 saturated heterocycles. The smallest absolute Gasteiger partial charge is 0.339 e. The quantitative estimate of drug-likeness (QED) is 0.848. The van der Waals surface area contributed by atoms with E-state index < -0.39 is 5.97 Å². The van der Waals surface area contributed by atoms with E-state index >= 15 is 0 Å². The summed E-state index contributed by atoms with van der Waals surface area (Å²) < 4.78 is 9.81. The molecule has 1 fully saturated rings. The molecule has 20 heavy (non-hydrogen) atoms. The summed E-state index contributed by atoms with van der Waals surface area (Å²) in [5, 5.41) is 3.00. The number of methoxy groups -OCH3 is 1. The molecule has 1 aromatic carbocycles. The van der Waals surface area contributed by atoms with Crippen molar-refractivity contribution in [2.45, 2.75) is 0 Å². The molecule has 0 radical (unpaired) electrons. The molecule has 0 aromatic heterocycles. The van der Waals surface area contributed by atoms with Crippen LogP contribution in [0.2, 0.25) is 5.02 Å². The molecule has 0 atom stereocenters. The first-order valence-electron chi connectivity index (χ1n) is 6.13. The number of ether oxygens (including phenoxy) is 2. The van der Waals surface area contributed by atoms with Gasteiger partial charge in [0.15, 0.2) is 0 Å². The summed E-state index contributed by atoms with van der Waals surface area (Å²) in [5.41, 5.74) is 0.709. The van der Waals surface area contributed by atoms with Crippen LogP contribution in [0.4, 0.5) is 10.5 Å². The molecule has 2 amide bonds. The summed E-state index contributed by atoms with van der Waals surface area (Å²) in [6.07, 6.45) is 0. The van der Waals surface area contributed by atoms with Gasteiger partial charge < -0.3 is 19.7 Å². The highest BCUT2D eigenvalue weighted by Crippen LogP contribution is 2.21. The minimum absolute atomic E-state index is 0.217. The predicted molar refractivity (Wildman–Crippen MR) is 74.2 cm³/mol. The fraction of sp³-hybridized carbons (Fsp3) is 0.385. The van der Waals surface area contributed by atoms with Crippen molar-refractivity contribution >= 4 is 29.3 Å². The monoisotopic (exact) mass is 298 g/mol. The van der Waals surface area contributed by atoms with E-state index in [9.17, 15) is 9.59 Å². The third kappa shape index (κ3) is 3.40. The topological polar surface area (TPSA) is 67.9 Å². The van der Waals surface area contributed by atoms with Crippen LogP contribution in [-0.2, 0) is 9.47 Å². The Morgan fingerprint density at radius 2 is 2.05 bits per heavy atom. The molecular weight excluding hydrogens is 284 g/mol. The highest BCUT2D eigenvalue weighted by molar-refractivity contribution is 6.33. The standard InChI is InChI=1S/C13H15ClN2O4/c1-19-12(17)10-8-9(2-3-11(10)14)15-13(18)16-4-6-20-7-5-16/h2-3,8H,4-7H2,1H3,(H,15,18). The van der Waals surface area contributed by atoms with E-state index in [1.807, 2.05) is 0 Å². The van der Waals surface area contributed by atoms with E-state index in [0.29, 0.717) is 32.0 Å². The van der Waals surface area contributed by atoms with Crippen LogP contribution < -0.4 is 5.32 Å². The number of carbonyl (C=O) groups excluding carboxylic acids is 2. The highest BCUT2D eigenvalue weighted by atomic mass is 35.5. The normalized spacial score (nSPS) is 14.8. The number of carbonyl (C=O) groups is 2. The number of morpholine rings is 1. The van der Waals surface area contributed by atoms with Crippen molar-refractivity contribution in [3.8, 4) is 0 Å². The molecular formula is C13H15ClN2O4. The number of benzene rings is 1. The van der Waals surface area contributed by atoms with E-state index in [0.717, 1.165) is 0 Å². The predicted octanol–water partition coefficient (Wildman–Crippen LogP) is 1.99. The van der Waals surface area contributed by atoms with Gasteiger partial charge in [0.05, 0.1) is 30.9 Å². The van der Waals surface area contributed by atoms with Crippen molar-refractivity contribution in [2.24, 2.45) is 0 Å². The van der Waals surface area contributed by atoms with Crippen molar-refractivity contribution in [1.29, 1.82) is 0 Å². The van der Waals surface area contributed by atoms with Crippen LogP contribution in [0.25, 0.3) is 0 Å². The van der Waals surface area contributed by atoms with Gasteiger partial charge in [-0.3, -0.25) is 0 Å². The molecule has 1 aliphatic rings. The minimum Gasteiger partial charge on any atom is -0.465 e. The summed E-state index contributed by atoms with van der Waals surface area (Å²) in [6, 6.07) is 4.44. The van der Waals surface area contributed by atoms with Gasteiger partial charge in [-0.1, -0.05) is 11.6 Å². The number of esters is 1. The highest BCUT2D eigenvalue weighted by Gasteiger charge is 2.18. The number of halogens is 1. The van der Waals surface area contributed by atoms with E-state index in [2.05, 4.69) is 10.1 Å². The molecule has 0 unspecified atom stereocenters. The van der Waals surface area contributed by atoms with Gasteiger partial charge in [-0.05, 0) is 18.2 Å². The molecule has 1 aliphatic heterocycles. The number of urea groups is 1. The van der Waals surface area contributed by atoms with Gasteiger partial charge in [-0.25, -0.2) is 9.59 Å². The van der Waals surface area contributed by atoms with Gasteiger partial charge in [-0.2, -0.15) is 0 Å². The van der Waals surface area contributed by atoms with Crippen molar-refractivity contribution in [3.05, 3.63) is 28.8 Å². The molecule has 1 N–H and O–H groups in total. The molecule has 108 valence electrons. The van der Waals surface area contributed by atoms with Crippen molar-refractivity contribution in [2.75, 3.05) is 38.7 Å². The first kappa shape index (κ1) is 14.6. The van der Waals surface area contributed by atoms with Gasteiger partial charge in [0.1, 0.15) is 0 Å². The zero-order chi connectivity index (χ0) is 14.5. The van der Waals surface area contributed by atoms with Gasteiger partial charge in [-0.15, -0.1) is 0 Å². The Kier molecular flexibility index (Phi) is 4.81. The van der Waals surface area contributed by atoms with Crippen LogP contribution in [0.1, 0.15) is 10.4 Å². The lowest BCUT2D eigenvalue weighted by molar-refractivity contribution is 0.0564. The van der Waals surface area contributed by atoms with Crippen LogP contribution in [0, 0.1) is 0 Å². The summed E-state index contributed by atoms with van der Waals surface area (Å²) >= 11 is 5.91. The lowest BCUT2D eigenvalue weighted by Gasteiger charge is -2.27. The Morgan fingerprint density at radius 1 is 1.35 bits per heavy atom. The first-order valence-corrected chi connectivity index (χ1v) is 6.51. The average molecular weight is 299 g/mol. The molecule has 7 heteroatoms. The third-order valence-corrected chi connectivity index (χ3v) is 3.25. The molecule has 0 aliphatic carbocycles. The second-order valence-electron chi connectivity index (χ2n) is 4.22. The van der Waals surface area contributed by atoms with Crippen molar-refractivity contribution in [3.63, 3.8) is 0 Å².